The lowest BCUT2D eigenvalue weighted by atomic mass is 9.93. The monoisotopic (exact) mass is 341 g/mol. The van der Waals surface area contributed by atoms with Crippen molar-refractivity contribution < 1.29 is 13.9 Å². The maximum absolute atomic E-state index is 12.9. The molecule has 1 saturated heterocycles. The van der Waals surface area contributed by atoms with Crippen LogP contribution in [0.2, 0.25) is 0 Å². The number of ether oxygens (including phenoxy) is 1. The Morgan fingerprint density at radius 1 is 1.04 bits per heavy atom. The van der Waals surface area contributed by atoms with Crippen LogP contribution in [0.3, 0.4) is 0 Å². The number of carbonyl (C=O) groups is 1. The largest absolute Gasteiger partial charge is 0.494 e. The third-order valence-electron chi connectivity index (χ3n) is 4.77. The van der Waals surface area contributed by atoms with E-state index in [2.05, 4.69) is 0 Å². The molecule has 2 aromatic carbocycles. The van der Waals surface area contributed by atoms with Gasteiger partial charge in [0.15, 0.2) is 0 Å². The van der Waals surface area contributed by atoms with Gasteiger partial charge in [-0.2, -0.15) is 0 Å². The van der Waals surface area contributed by atoms with Crippen LogP contribution in [0, 0.1) is 11.7 Å². The molecule has 0 saturated carbocycles. The van der Waals surface area contributed by atoms with Crippen molar-refractivity contribution in [2.45, 2.75) is 25.7 Å². The van der Waals surface area contributed by atoms with E-state index in [4.69, 9.17) is 4.74 Å². The minimum Gasteiger partial charge on any atom is -0.494 e. The van der Waals surface area contributed by atoms with Crippen LogP contribution in [0.25, 0.3) is 0 Å². The lowest BCUT2D eigenvalue weighted by Gasteiger charge is -2.32. The molecular weight excluding hydrogens is 317 g/mol. The Hall–Kier alpha value is -2.36. The maximum atomic E-state index is 12.9. The van der Waals surface area contributed by atoms with Gasteiger partial charge in [0.05, 0.1) is 13.0 Å². The Balaban J connectivity index is 1.37. The summed E-state index contributed by atoms with van der Waals surface area (Å²) in [6, 6.07) is 16.0. The Morgan fingerprint density at radius 2 is 1.72 bits per heavy atom. The predicted molar refractivity (Wildman–Crippen MR) is 96.0 cm³/mol. The predicted octanol–water partition coefficient (Wildman–Crippen LogP) is 4.08. The summed E-state index contributed by atoms with van der Waals surface area (Å²) in [6.45, 7) is 2.32. The SMILES string of the molecule is O=C(Cc1ccc(F)cc1)N1CCC(CCOc2ccccc2)CC1. The van der Waals surface area contributed by atoms with E-state index in [0.29, 0.717) is 12.3 Å². The molecule has 3 rings (SSSR count). The molecule has 0 spiro atoms. The molecule has 0 aromatic heterocycles. The number of hydrogen-bond acceptors (Lipinski definition) is 2. The first kappa shape index (κ1) is 17.5. The van der Waals surface area contributed by atoms with Crippen molar-refractivity contribution in [1.82, 2.24) is 4.90 Å². The number of amides is 1. The molecule has 0 aliphatic carbocycles. The van der Waals surface area contributed by atoms with Crippen LogP contribution in [0.1, 0.15) is 24.8 Å². The number of carbonyl (C=O) groups excluding carboxylic acids is 1. The maximum Gasteiger partial charge on any atom is 0.226 e. The van der Waals surface area contributed by atoms with Crippen molar-refractivity contribution in [2.75, 3.05) is 19.7 Å². The number of rotatable bonds is 6. The Morgan fingerprint density at radius 3 is 2.40 bits per heavy atom. The highest BCUT2D eigenvalue weighted by Gasteiger charge is 2.22. The Labute approximate surface area is 148 Å². The van der Waals surface area contributed by atoms with E-state index in [1.165, 1.54) is 12.1 Å². The molecule has 0 bridgehead atoms. The van der Waals surface area contributed by atoms with Gasteiger partial charge in [-0.3, -0.25) is 4.79 Å². The molecule has 3 nitrogen and oxygen atoms in total. The van der Waals surface area contributed by atoms with Crippen LogP contribution in [0.5, 0.6) is 5.75 Å². The van der Waals surface area contributed by atoms with Crippen molar-refractivity contribution >= 4 is 5.91 Å². The number of hydrogen-bond donors (Lipinski definition) is 0. The van der Waals surface area contributed by atoms with E-state index >= 15 is 0 Å². The second-order valence-electron chi connectivity index (χ2n) is 6.58. The van der Waals surface area contributed by atoms with Crippen molar-refractivity contribution in [2.24, 2.45) is 5.92 Å². The van der Waals surface area contributed by atoms with Gasteiger partial charge in [-0.25, -0.2) is 4.39 Å². The molecule has 132 valence electrons. The smallest absolute Gasteiger partial charge is 0.226 e. The quantitative estimate of drug-likeness (QED) is 0.792. The van der Waals surface area contributed by atoms with E-state index in [9.17, 15) is 9.18 Å². The third-order valence-corrected chi connectivity index (χ3v) is 4.77. The zero-order valence-corrected chi connectivity index (χ0v) is 14.4. The summed E-state index contributed by atoms with van der Waals surface area (Å²) in [5.74, 6) is 1.38. The number of benzene rings is 2. The van der Waals surface area contributed by atoms with Crippen LogP contribution < -0.4 is 4.74 Å². The normalized spacial score (nSPS) is 15.2. The number of nitrogens with zero attached hydrogens (tertiary/aromatic N) is 1. The molecule has 25 heavy (non-hydrogen) atoms. The van der Waals surface area contributed by atoms with Gasteiger partial charge < -0.3 is 9.64 Å². The van der Waals surface area contributed by atoms with Gasteiger partial charge in [-0.05, 0) is 55.0 Å². The molecule has 1 aliphatic heterocycles. The van der Waals surface area contributed by atoms with Gasteiger partial charge >= 0.3 is 0 Å². The summed E-state index contributed by atoms with van der Waals surface area (Å²) in [5, 5.41) is 0. The zero-order chi connectivity index (χ0) is 17.5. The van der Waals surface area contributed by atoms with Gasteiger partial charge in [0, 0.05) is 13.1 Å². The second-order valence-corrected chi connectivity index (χ2v) is 6.58. The molecule has 1 aliphatic rings. The van der Waals surface area contributed by atoms with Crippen LogP contribution in [-0.4, -0.2) is 30.5 Å². The highest BCUT2D eigenvalue weighted by atomic mass is 19.1. The van der Waals surface area contributed by atoms with Crippen molar-refractivity contribution in [3.8, 4) is 5.75 Å². The van der Waals surface area contributed by atoms with Crippen molar-refractivity contribution in [3.63, 3.8) is 0 Å². The number of para-hydroxylation sites is 1. The fourth-order valence-corrected chi connectivity index (χ4v) is 3.22. The molecule has 4 heteroatoms. The topological polar surface area (TPSA) is 29.5 Å². The minimum atomic E-state index is -0.269. The van der Waals surface area contributed by atoms with Crippen molar-refractivity contribution in [1.29, 1.82) is 0 Å². The fraction of sp³-hybridized carbons (Fsp3) is 0.381. The summed E-state index contributed by atoms with van der Waals surface area (Å²) in [4.78, 5) is 14.3. The Kier molecular flexibility index (Phi) is 6.04. The van der Waals surface area contributed by atoms with E-state index in [1.54, 1.807) is 12.1 Å². The zero-order valence-electron chi connectivity index (χ0n) is 14.4. The molecule has 1 heterocycles. The first-order chi connectivity index (χ1) is 12.2. The van der Waals surface area contributed by atoms with Gasteiger partial charge in [0.2, 0.25) is 5.91 Å². The highest BCUT2D eigenvalue weighted by molar-refractivity contribution is 5.78. The van der Waals surface area contributed by atoms with Gasteiger partial charge in [-0.15, -0.1) is 0 Å². The number of piperidine rings is 1. The number of likely N-dealkylation sites (tertiary alicyclic amines) is 1. The first-order valence-corrected chi connectivity index (χ1v) is 8.91. The lowest BCUT2D eigenvalue weighted by molar-refractivity contribution is -0.131. The first-order valence-electron chi connectivity index (χ1n) is 8.91. The van der Waals surface area contributed by atoms with Crippen molar-refractivity contribution in [3.05, 3.63) is 66.0 Å². The van der Waals surface area contributed by atoms with E-state index in [1.807, 2.05) is 35.2 Å². The van der Waals surface area contributed by atoms with E-state index < -0.39 is 0 Å². The molecule has 1 fully saturated rings. The van der Waals surface area contributed by atoms with E-state index in [-0.39, 0.29) is 11.7 Å². The standard InChI is InChI=1S/C21H24FNO2/c22-19-8-6-18(7-9-19)16-21(24)23-13-10-17(11-14-23)12-15-25-20-4-2-1-3-5-20/h1-9,17H,10-16H2. The molecule has 0 unspecified atom stereocenters. The summed E-state index contributed by atoms with van der Waals surface area (Å²) in [6.07, 6.45) is 3.41. The van der Waals surface area contributed by atoms with Gasteiger partial charge in [0.25, 0.3) is 0 Å². The highest BCUT2D eigenvalue weighted by Crippen LogP contribution is 2.22. The molecule has 0 radical (unpaired) electrons. The number of halogens is 1. The van der Waals surface area contributed by atoms with Crippen LogP contribution >= 0.6 is 0 Å². The van der Waals surface area contributed by atoms with Crippen LogP contribution in [0.15, 0.2) is 54.6 Å². The molecule has 0 N–H and O–H groups in total. The molecule has 2 aromatic rings. The molecule has 1 amide bonds. The van der Waals surface area contributed by atoms with E-state index in [0.717, 1.165) is 50.3 Å². The van der Waals surface area contributed by atoms with Crippen LogP contribution in [0.4, 0.5) is 4.39 Å². The average molecular weight is 341 g/mol. The summed E-state index contributed by atoms with van der Waals surface area (Å²) >= 11 is 0. The second kappa shape index (κ2) is 8.65. The van der Waals surface area contributed by atoms with Gasteiger partial charge in [-0.1, -0.05) is 30.3 Å². The summed E-state index contributed by atoms with van der Waals surface area (Å²) in [5.41, 5.74) is 0.866. The molecule has 0 atom stereocenters. The fourth-order valence-electron chi connectivity index (χ4n) is 3.22. The average Bonchev–Trinajstić information content (AvgIpc) is 2.65. The summed E-state index contributed by atoms with van der Waals surface area (Å²) < 4.78 is 18.7. The minimum absolute atomic E-state index is 0.130. The third kappa shape index (κ3) is 5.31. The van der Waals surface area contributed by atoms with Crippen LogP contribution in [-0.2, 0) is 11.2 Å². The summed E-state index contributed by atoms with van der Waals surface area (Å²) in [7, 11) is 0. The Bertz CT molecular complexity index is 664. The molecular formula is C21H24FNO2. The lowest BCUT2D eigenvalue weighted by Crippen LogP contribution is -2.39. The van der Waals surface area contributed by atoms with Gasteiger partial charge in [0.1, 0.15) is 11.6 Å².